The third kappa shape index (κ3) is 4.42. The fraction of sp³-hybridized carbons (Fsp3) is 0.217. The average molecular weight is 453 g/mol. The third-order valence-electron chi connectivity index (χ3n) is 5.49. The third-order valence-corrected chi connectivity index (χ3v) is 5.49. The Bertz CT molecular complexity index is 1330. The minimum absolute atomic E-state index is 0.255. The summed E-state index contributed by atoms with van der Waals surface area (Å²) in [6.45, 7) is 1.37. The number of hydrogen-bond acceptors (Lipinski definition) is 6. The molecular formula is C23H18F3N5O2. The van der Waals surface area contributed by atoms with Crippen molar-refractivity contribution >= 4 is 0 Å². The van der Waals surface area contributed by atoms with Crippen LogP contribution >= 0.6 is 0 Å². The molecule has 2 aromatic carbocycles. The van der Waals surface area contributed by atoms with Gasteiger partial charge in [-0.2, -0.15) is 18.2 Å². The number of rotatable bonds is 4. The molecule has 0 saturated carbocycles. The molecule has 0 fully saturated rings. The lowest BCUT2D eigenvalue weighted by molar-refractivity contribution is -0.137. The number of alkyl halides is 3. The minimum Gasteiger partial charge on any atom is -0.338 e. The van der Waals surface area contributed by atoms with Crippen molar-refractivity contribution in [3.63, 3.8) is 0 Å². The second kappa shape index (κ2) is 8.28. The quantitative estimate of drug-likeness (QED) is 0.501. The SMILES string of the molecule is O=c1[nH]c(-c2ccc(C(F)(F)F)cc2)nc2c1CN(Cc1nc(-c3ccccc3)no1)CC2. The second-order valence-electron chi connectivity index (χ2n) is 7.75. The molecule has 0 radical (unpaired) electrons. The van der Waals surface area contributed by atoms with Crippen molar-refractivity contribution in [1.29, 1.82) is 0 Å². The Morgan fingerprint density at radius 3 is 2.48 bits per heavy atom. The molecular weight excluding hydrogens is 435 g/mol. The summed E-state index contributed by atoms with van der Waals surface area (Å²) in [5.41, 5.74) is 1.38. The number of fused-ring (bicyclic) bond motifs is 1. The Morgan fingerprint density at radius 1 is 1.00 bits per heavy atom. The van der Waals surface area contributed by atoms with Gasteiger partial charge in [-0.25, -0.2) is 4.98 Å². The number of benzene rings is 2. The zero-order chi connectivity index (χ0) is 23.0. The van der Waals surface area contributed by atoms with Gasteiger partial charge in [0.05, 0.1) is 23.4 Å². The number of halogens is 3. The maximum atomic E-state index is 12.8. The van der Waals surface area contributed by atoms with Gasteiger partial charge in [-0.1, -0.05) is 47.6 Å². The first-order valence-corrected chi connectivity index (χ1v) is 10.3. The van der Waals surface area contributed by atoms with Crippen LogP contribution in [0.2, 0.25) is 0 Å². The Morgan fingerprint density at radius 2 is 1.76 bits per heavy atom. The highest BCUT2D eigenvalue weighted by molar-refractivity contribution is 5.56. The molecule has 10 heteroatoms. The largest absolute Gasteiger partial charge is 0.416 e. The molecule has 1 N–H and O–H groups in total. The summed E-state index contributed by atoms with van der Waals surface area (Å²) in [6, 6.07) is 14.1. The molecule has 3 heterocycles. The molecule has 0 atom stereocenters. The zero-order valence-corrected chi connectivity index (χ0v) is 17.3. The van der Waals surface area contributed by atoms with Crippen molar-refractivity contribution < 1.29 is 17.7 Å². The summed E-state index contributed by atoms with van der Waals surface area (Å²) in [4.78, 5) is 26.4. The predicted molar refractivity (Wildman–Crippen MR) is 113 cm³/mol. The van der Waals surface area contributed by atoms with E-state index in [-0.39, 0.29) is 11.4 Å². The number of hydrogen-bond donors (Lipinski definition) is 1. The molecule has 5 rings (SSSR count). The van der Waals surface area contributed by atoms with Crippen LogP contribution in [0.3, 0.4) is 0 Å². The first-order valence-electron chi connectivity index (χ1n) is 10.3. The molecule has 0 spiro atoms. The van der Waals surface area contributed by atoms with Gasteiger partial charge >= 0.3 is 6.18 Å². The van der Waals surface area contributed by atoms with E-state index in [9.17, 15) is 18.0 Å². The van der Waals surface area contributed by atoms with Crippen LogP contribution in [-0.2, 0) is 25.7 Å². The fourth-order valence-corrected chi connectivity index (χ4v) is 3.78. The Labute approximate surface area is 185 Å². The van der Waals surface area contributed by atoms with E-state index in [0.29, 0.717) is 54.6 Å². The molecule has 1 aliphatic rings. The number of nitrogens with zero attached hydrogens (tertiary/aromatic N) is 4. The van der Waals surface area contributed by atoms with E-state index in [1.165, 1.54) is 12.1 Å². The highest BCUT2D eigenvalue weighted by Crippen LogP contribution is 2.30. The van der Waals surface area contributed by atoms with E-state index in [1.54, 1.807) is 0 Å². The molecule has 2 aromatic heterocycles. The number of nitrogens with one attached hydrogen (secondary N) is 1. The van der Waals surface area contributed by atoms with Crippen LogP contribution in [0.5, 0.6) is 0 Å². The molecule has 33 heavy (non-hydrogen) atoms. The predicted octanol–water partition coefficient (Wildman–Crippen LogP) is 4.06. The summed E-state index contributed by atoms with van der Waals surface area (Å²) >= 11 is 0. The maximum Gasteiger partial charge on any atom is 0.416 e. The van der Waals surface area contributed by atoms with Gasteiger partial charge in [-0.15, -0.1) is 0 Å². The van der Waals surface area contributed by atoms with Crippen molar-refractivity contribution in [2.45, 2.75) is 25.7 Å². The van der Waals surface area contributed by atoms with Crippen LogP contribution in [0.25, 0.3) is 22.8 Å². The average Bonchev–Trinajstić information content (AvgIpc) is 3.28. The number of aromatic nitrogens is 4. The normalized spacial score (nSPS) is 14.3. The highest BCUT2D eigenvalue weighted by atomic mass is 19.4. The lowest BCUT2D eigenvalue weighted by atomic mass is 10.1. The molecule has 168 valence electrons. The molecule has 4 aromatic rings. The van der Waals surface area contributed by atoms with Crippen molar-refractivity contribution in [2.75, 3.05) is 6.54 Å². The topological polar surface area (TPSA) is 87.9 Å². The van der Waals surface area contributed by atoms with Crippen LogP contribution in [0.1, 0.15) is 22.7 Å². The summed E-state index contributed by atoms with van der Waals surface area (Å²) in [5, 5.41) is 4.02. The van der Waals surface area contributed by atoms with Crippen molar-refractivity contribution in [3.8, 4) is 22.8 Å². The van der Waals surface area contributed by atoms with E-state index < -0.39 is 11.7 Å². The Hall–Kier alpha value is -3.79. The standard InChI is InChI=1S/C23H18F3N5O2/c24-23(25,26)16-8-6-15(7-9-16)20-27-18-10-11-31(12-17(18)22(32)29-20)13-19-28-21(30-33-19)14-4-2-1-3-5-14/h1-9H,10-13H2,(H,27,29,32). The van der Waals surface area contributed by atoms with E-state index in [1.807, 2.05) is 35.2 Å². The molecule has 0 amide bonds. The van der Waals surface area contributed by atoms with Crippen LogP contribution in [0.4, 0.5) is 13.2 Å². The van der Waals surface area contributed by atoms with E-state index >= 15 is 0 Å². The van der Waals surface area contributed by atoms with Gasteiger partial charge in [-0.05, 0) is 12.1 Å². The maximum absolute atomic E-state index is 12.8. The van der Waals surface area contributed by atoms with Crippen molar-refractivity contribution in [2.24, 2.45) is 0 Å². The Kier molecular flexibility index (Phi) is 5.29. The fourth-order valence-electron chi connectivity index (χ4n) is 3.78. The summed E-state index contributed by atoms with van der Waals surface area (Å²) in [6.07, 6.45) is -3.90. The van der Waals surface area contributed by atoms with Crippen LogP contribution in [0, 0.1) is 0 Å². The van der Waals surface area contributed by atoms with Gasteiger partial charge in [0.2, 0.25) is 11.7 Å². The summed E-state index contributed by atoms with van der Waals surface area (Å²) in [5.74, 6) is 1.21. The highest BCUT2D eigenvalue weighted by Gasteiger charge is 2.30. The Balaban J connectivity index is 1.32. The summed E-state index contributed by atoms with van der Waals surface area (Å²) in [7, 11) is 0. The lowest BCUT2D eigenvalue weighted by Gasteiger charge is -2.26. The molecule has 1 aliphatic heterocycles. The van der Waals surface area contributed by atoms with E-state index in [2.05, 4.69) is 20.1 Å². The van der Waals surface area contributed by atoms with Crippen LogP contribution in [-0.4, -0.2) is 31.6 Å². The van der Waals surface area contributed by atoms with Crippen LogP contribution < -0.4 is 5.56 Å². The van der Waals surface area contributed by atoms with Gasteiger partial charge < -0.3 is 9.51 Å². The molecule has 0 bridgehead atoms. The van der Waals surface area contributed by atoms with Gasteiger partial charge in [0.15, 0.2) is 0 Å². The van der Waals surface area contributed by atoms with Gasteiger partial charge in [0.1, 0.15) is 5.82 Å². The zero-order valence-electron chi connectivity index (χ0n) is 17.3. The summed E-state index contributed by atoms with van der Waals surface area (Å²) < 4.78 is 43.8. The monoisotopic (exact) mass is 453 g/mol. The molecule has 7 nitrogen and oxygen atoms in total. The smallest absolute Gasteiger partial charge is 0.338 e. The van der Waals surface area contributed by atoms with Crippen LogP contribution in [0.15, 0.2) is 63.9 Å². The van der Waals surface area contributed by atoms with E-state index in [4.69, 9.17) is 4.52 Å². The number of H-pyrrole nitrogens is 1. The number of aromatic amines is 1. The molecule has 0 unspecified atom stereocenters. The second-order valence-corrected chi connectivity index (χ2v) is 7.75. The lowest BCUT2D eigenvalue weighted by Crippen LogP contribution is -2.35. The van der Waals surface area contributed by atoms with Crippen molar-refractivity contribution in [1.82, 2.24) is 25.0 Å². The first kappa shape index (κ1) is 21.1. The van der Waals surface area contributed by atoms with Crippen molar-refractivity contribution in [3.05, 3.63) is 87.7 Å². The van der Waals surface area contributed by atoms with Gasteiger partial charge in [0.25, 0.3) is 5.56 Å². The van der Waals surface area contributed by atoms with E-state index in [0.717, 1.165) is 17.7 Å². The minimum atomic E-state index is -4.42. The van der Waals surface area contributed by atoms with Gasteiger partial charge in [-0.3, -0.25) is 9.69 Å². The van der Waals surface area contributed by atoms with Gasteiger partial charge in [0, 0.05) is 30.6 Å². The molecule has 0 aliphatic carbocycles. The first-order chi connectivity index (χ1) is 15.9. The molecule has 0 saturated heterocycles.